The highest BCUT2D eigenvalue weighted by atomic mass is 79.9. The maximum absolute atomic E-state index is 9.72. The number of hydrogen-bond donors (Lipinski definition) is 2. The lowest BCUT2D eigenvalue weighted by Crippen LogP contribution is -2.25. The first-order valence-electron chi connectivity index (χ1n) is 6.08. The van der Waals surface area contributed by atoms with Gasteiger partial charge in [-0.15, -0.1) is 0 Å². The number of rotatable bonds is 8. The molecule has 0 radical (unpaired) electrons. The van der Waals surface area contributed by atoms with Crippen LogP contribution in [0.1, 0.15) is 19.8 Å². The number of benzene rings is 1. The van der Waals surface area contributed by atoms with E-state index in [2.05, 4.69) is 28.2 Å². The maximum atomic E-state index is 9.72. The first-order valence-corrected chi connectivity index (χ1v) is 7.25. The van der Waals surface area contributed by atoms with Gasteiger partial charge in [0, 0.05) is 17.6 Å². The quantitative estimate of drug-likeness (QED) is 0.711. The van der Waals surface area contributed by atoms with Gasteiger partial charge in [0.1, 0.15) is 0 Å². The molecule has 0 amide bonds. The number of halogens is 2. The van der Waals surface area contributed by atoms with E-state index in [0.29, 0.717) is 24.8 Å². The number of aliphatic hydroxyl groups is 1. The molecule has 0 heterocycles. The van der Waals surface area contributed by atoms with E-state index < -0.39 is 6.10 Å². The Kier molecular flexibility index (Phi) is 7.66. The highest BCUT2D eigenvalue weighted by molar-refractivity contribution is 9.10. The molecule has 1 atom stereocenters. The van der Waals surface area contributed by atoms with Gasteiger partial charge < -0.3 is 15.2 Å². The predicted molar refractivity (Wildman–Crippen MR) is 79.4 cm³/mol. The van der Waals surface area contributed by atoms with E-state index in [4.69, 9.17) is 16.3 Å². The van der Waals surface area contributed by atoms with Crippen LogP contribution in [0.4, 0.5) is 5.69 Å². The molecule has 1 aromatic rings. The van der Waals surface area contributed by atoms with Gasteiger partial charge in [-0.3, -0.25) is 0 Å². The normalized spacial score (nSPS) is 12.4. The van der Waals surface area contributed by atoms with Crippen LogP contribution in [0.2, 0.25) is 5.02 Å². The Labute approximate surface area is 122 Å². The predicted octanol–water partition coefficient (Wildman–Crippen LogP) is 3.69. The Bertz CT molecular complexity index is 363. The van der Waals surface area contributed by atoms with Crippen molar-refractivity contribution >= 4 is 33.2 Å². The average Bonchev–Trinajstić information content (AvgIpc) is 2.33. The molecule has 0 fully saturated rings. The van der Waals surface area contributed by atoms with Gasteiger partial charge in [0.25, 0.3) is 0 Å². The third-order valence-corrected chi connectivity index (χ3v) is 3.22. The van der Waals surface area contributed by atoms with Gasteiger partial charge in [0.05, 0.1) is 23.4 Å². The number of hydrogen-bond acceptors (Lipinski definition) is 3. The van der Waals surface area contributed by atoms with E-state index >= 15 is 0 Å². The fourth-order valence-electron chi connectivity index (χ4n) is 1.39. The maximum Gasteiger partial charge on any atom is 0.0945 e. The zero-order valence-corrected chi connectivity index (χ0v) is 12.8. The molecule has 1 unspecified atom stereocenters. The van der Waals surface area contributed by atoms with E-state index in [1.54, 1.807) is 0 Å². The van der Waals surface area contributed by atoms with Gasteiger partial charge in [-0.25, -0.2) is 0 Å². The van der Waals surface area contributed by atoms with Crippen molar-refractivity contribution in [1.29, 1.82) is 0 Å². The summed E-state index contributed by atoms with van der Waals surface area (Å²) in [6, 6.07) is 5.59. The second-order valence-corrected chi connectivity index (χ2v) is 5.41. The lowest BCUT2D eigenvalue weighted by Gasteiger charge is -2.14. The van der Waals surface area contributed by atoms with E-state index in [-0.39, 0.29) is 0 Å². The van der Waals surface area contributed by atoms with Gasteiger partial charge in [-0.05, 0) is 24.6 Å². The van der Waals surface area contributed by atoms with Crippen molar-refractivity contribution in [3.05, 3.63) is 27.7 Å². The molecule has 0 aliphatic carbocycles. The molecule has 102 valence electrons. The molecule has 5 heteroatoms. The van der Waals surface area contributed by atoms with Crippen LogP contribution in [0.25, 0.3) is 0 Å². The molecular formula is C13H19BrClNO2. The summed E-state index contributed by atoms with van der Waals surface area (Å²) in [4.78, 5) is 0. The van der Waals surface area contributed by atoms with Gasteiger partial charge in [-0.2, -0.15) is 0 Å². The third kappa shape index (κ3) is 6.05. The minimum atomic E-state index is -0.526. The molecule has 0 spiro atoms. The summed E-state index contributed by atoms with van der Waals surface area (Å²) >= 11 is 9.40. The van der Waals surface area contributed by atoms with Crippen molar-refractivity contribution in [3.63, 3.8) is 0 Å². The van der Waals surface area contributed by atoms with Crippen molar-refractivity contribution in [3.8, 4) is 0 Å². The smallest absolute Gasteiger partial charge is 0.0945 e. The van der Waals surface area contributed by atoms with E-state index in [9.17, 15) is 5.11 Å². The minimum Gasteiger partial charge on any atom is -0.389 e. The summed E-state index contributed by atoms with van der Waals surface area (Å²) in [6.45, 7) is 3.58. The van der Waals surface area contributed by atoms with Crippen molar-refractivity contribution in [2.24, 2.45) is 0 Å². The van der Waals surface area contributed by atoms with Crippen LogP contribution >= 0.6 is 27.5 Å². The lowest BCUT2D eigenvalue weighted by atomic mass is 10.3. The molecule has 0 bridgehead atoms. The first-order chi connectivity index (χ1) is 8.63. The van der Waals surface area contributed by atoms with Gasteiger partial charge >= 0.3 is 0 Å². The standard InChI is InChI=1S/C13H19BrClNO2/c1-2-3-6-18-9-11(17)8-16-13-5-4-10(14)7-12(13)15/h4-5,7,11,16-17H,2-3,6,8-9H2,1H3. The zero-order valence-electron chi connectivity index (χ0n) is 10.5. The largest absolute Gasteiger partial charge is 0.389 e. The average molecular weight is 337 g/mol. The fraction of sp³-hybridized carbons (Fsp3) is 0.538. The number of anilines is 1. The van der Waals surface area contributed by atoms with Crippen LogP contribution in [-0.4, -0.2) is 31.0 Å². The lowest BCUT2D eigenvalue weighted by molar-refractivity contribution is 0.0422. The second kappa shape index (κ2) is 8.75. The van der Waals surface area contributed by atoms with E-state index in [1.807, 2.05) is 18.2 Å². The Hall–Kier alpha value is -0.290. The van der Waals surface area contributed by atoms with Crippen molar-refractivity contribution in [1.82, 2.24) is 0 Å². The molecule has 2 N–H and O–H groups in total. The molecular weight excluding hydrogens is 318 g/mol. The van der Waals surface area contributed by atoms with Crippen LogP contribution in [0.3, 0.4) is 0 Å². The Morgan fingerprint density at radius 3 is 2.94 bits per heavy atom. The molecule has 1 rings (SSSR count). The summed E-state index contributed by atoms with van der Waals surface area (Å²) in [5.41, 5.74) is 0.812. The molecule has 1 aromatic carbocycles. The molecule has 0 saturated heterocycles. The van der Waals surface area contributed by atoms with Crippen LogP contribution in [-0.2, 0) is 4.74 Å². The van der Waals surface area contributed by atoms with Crippen LogP contribution < -0.4 is 5.32 Å². The Morgan fingerprint density at radius 2 is 2.28 bits per heavy atom. The van der Waals surface area contributed by atoms with Crippen molar-refractivity contribution < 1.29 is 9.84 Å². The van der Waals surface area contributed by atoms with Crippen molar-refractivity contribution in [2.45, 2.75) is 25.9 Å². The van der Waals surface area contributed by atoms with Gasteiger partial charge in [0.2, 0.25) is 0 Å². The van der Waals surface area contributed by atoms with Crippen molar-refractivity contribution in [2.75, 3.05) is 25.1 Å². The summed E-state index contributed by atoms with van der Waals surface area (Å²) in [5, 5.41) is 13.4. The second-order valence-electron chi connectivity index (χ2n) is 4.09. The number of aliphatic hydroxyl groups excluding tert-OH is 1. The van der Waals surface area contributed by atoms with Crippen LogP contribution in [0, 0.1) is 0 Å². The summed E-state index contributed by atoms with van der Waals surface area (Å²) < 4.78 is 6.28. The van der Waals surface area contributed by atoms with Gasteiger partial charge in [-0.1, -0.05) is 40.9 Å². The topological polar surface area (TPSA) is 41.5 Å². The molecule has 3 nitrogen and oxygen atoms in total. The Balaban J connectivity index is 2.27. The number of nitrogens with one attached hydrogen (secondary N) is 1. The highest BCUT2D eigenvalue weighted by Gasteiger charge is 2.06. The highest BCUT2D eigenvalue weighted by Crippen LogP contribution is 2.25. The monoisotopic (exact) mass is 335 g/mol. The van der Waals surface area contributed by atoms with E-state index in [0.717, 1.165) is 23.0 Å². The van der Waals surface area contributed by atoms with E-state index in [1.165, 1.54) is 0 Å². The summed E-state index contributed by atoms with van der Waals surface area (Å²) in [5.74, 6) is 0. The van der Waals surface area contributed by atoms with Gasteiger partial charge in [0.15, 0.2) is 0 Å². The third-order valence-electron chi connectivity index (χ3n) is 2.41. The summed E-state index contributed by atoms with van der Waals surface area (Å²) in [7, 11) is 0. The molecule has 0 aliphatic rings. The first kappa shape index (κ1) is 15.8. The SMILES string of the molecule is CCCCOCC(O)CNc1ccc(Br)cc1Cl. The van der Waals surface area contributed by atoms with Crippen LogP contribution in [0.5, 0.6) is 0 Å². The molecule has 0 aliphatic heterocycles. The number of unbranched alkanes of at least 4 members (excludes halogenated alkanes) is 1. The Morgan fingerprint density at radius 1 is 1.50 bits per heavy atom. The molecule has 0 saturated carbocycles. The van der Waals surface area contributed by atoms with Crippen LogP contribution in [0.15, 0.2) is 22.7 Å². The summed E-state index contributed by atoms with van der Waals surface area (Å²) in [6.07, 6.45) is 1.60. The fourth-order valence-corrected chi connectivity index (χ4v) is 2.13. The molecule has 0 aromatic heterocycles. The molecule has 18 heavy (non-hydrogen) atoms. The minimum absolute atomic E-state index is 0.348. The zero-order chi connectivity index (χ0) is 13.4. The number of ether oxygens (including phenoxy) is 1.